The minimum absolute atomic E-state index is 0.0449. The Morgan fingerprint density at radius 1 is 0.868 bits per heavy atom. The van der Waals surface area contributed by atoms with Gasteiger partial charge in [-0.15, -0.1) is 0 Å². The van der Waals surface area contributed by atoms with Crippen LogP contribution in [0, 0.1) is 5.92 Å². The third kappa shape index (κ3) is 5.83. The number of ketones is 1. The van der Waals surface area contributed by atoms with Crippen LogP contribution in [0.5, 0.6) is 17.2 Å². The molecule has 198 valence electrons. The van der Waals surface area contributed by atoms with E-state index < -0.39 is 17.7 Å². The van der Waals surface area contributed by atoms with Crippen LogP contribution >= 0.6 is 0 Å². The molecule has 0 saturated carbocycles. The molecule has 1 unspecified atom stereocenters. The summed E-state index contributed by atoms with van der Waals surface area (Å²) in [6, 6.07) is 20.7. The number of Topliss-reactive ketones (excluding diaryl/α,β-unsaturated/α-hetero) is 1. The van der Waals surface area contributed by atoms with Crippen LogP contribution in [0.4, 0.5) is 0 Å². The maximum absolute atomic E-state index is 13.3. The highest BCUT2D eigenvalue weighted by atomic mass is 16.5. The molecule has 1 fully saturated rings. The SMILES string of the molecule is CCOc1ccc(C2/C(=C(/O)c3ccc(OCC(C)C)cc3)C(=O)C(=O)N2Cc2ccc(OC)cc2)cc1. The second-order valence-corrected chi connectivity index (χ2v) is 9.51. The fraction of sp³-hybridized carbons (Fsp3) is 0.290. The molecule has 1 N–H and O–H groups in total. The highest BCUT2D eigenvalue weighted by molar-refractivity contribution is 6.46. The molecule has 4 rings (SSSR count). The summed E-state index contributed by atoms with van der Waals surface area (Å²) >= 11 is 0. The summed E-state index contributed by atoms with van der Waals surface area (Å²) in [5, 5.41) is 11.3. The van der Waals surface area contributed by atoms with Gasteiger partial charge >= 0.3 is 0 Å². The molecule has 1 amide bonds. The van der Waals surface area contributed by atoms with Crippen LogP contribution in [0.1, 0.15) is 43.5 Å². The Labute approximate surface area is 223 Å². The van der Waals surface area contributed by atoms with Crippen LogP contribution in [-0.4, -0.2) is 42.0 Å². The molecule has 1 saturated heterocycles. The van der Waals surface area contributed by atoms with E-state index in [0.29, 0.717) is 47.5 Å². The number of amides is 1. The van der Waals surface area contributed by atoms with E-state index in [-0.39, 0.29) is 17.9 Å². The molecule has 3 aromatic rings. The molecule has 7 heteroatoms. The number of carbonyl (C=O) groups is 2. The van der Waals surface area contributed by atoms with Crippen molar-refractivity contribution in [3.05, 3.63) is 95.1 Å². The van der Waals surface area contributed by atoms with Crippen LogP contribution < -0.4 is 14.2 Å². The van der Waals surface area contributed by atoms with Crippen molar-refractivity contribution in [2.75, 3.05) is 20.3 Å². The number of ether oxygens (including phenoxy) is 3. The number of aliphatic hydroxyl groups excluding tert-OH is 1. The summed E-state index contributed by atoms with van der Waals surface area (Å²) in [5.74, 6) is 0.792. The molecular weight excluding hydrogens is 482 g/mol. The highest BCUT2D eigenvalue weighted by Crippen LogP contribution is 2.41. The lowest BCUT2D eigenvalue weighted by atomic mass is 9.95. The van der Waals surface area contributed by atoms with Crippen LogP contribution in [0.3, 0.4) is 0 Å². The van der Waals surface area contributed by atoms with E-state index in [0.717, 1.165) is 5.56 Å². The zero-order chi connectivity index (χ0) is 27.2. The zero-order valence-corrected chi connectivity index (χ0v) is 22.1. The van der Waals surface area contributed by atoms with E-state index >= 15 is 0 Å². The lowest BCUT2D eigenvalue weighted by Gasteiger charge is -2.25. The van der Waals surface area contributed by atoms with Gasteiger partial charge in [0.05, 0.1) is 31.9 Å². The van der Waals surface area contributed by atoms with Gasteiger partial charge in [-0.1, -0.05) is 38.1 Å². The molecule has 1 heterocycles. The van der Waals surface area contributed by atoms with Crippen molar-refractivity contribution in [1.82, 2.24) is 4.90 Å². The van der Waals surface area contributed by atoms with Crippen LogP contribution in [0.25, 0.3) is 5.76 Å². The van der Waals surface area contributed by atoms with Gasteiger partial charge in [-0.3, -0.25) is 9.59 Å². The van der Waals surface area contributed by atoms with Crippen molar-refractivity contribution in [3.63, 3.8) is 0 Å². The maximum atomic E-state index is 13.3. The fourth-order valence-electron chi connectivity index (χ4n) is 4.36. The van der Waals surface area contributed by atoms with Gasteiger partial charge in [0.2, 0.25) is 0 Å². The Kier molecular flexibility index (Phi) is 8.36. The quantitative estimate of drug-likeness (QED) is 0.210. The summed E-state index contributed by atoms with van der Waals surface area (Å²) in [4.78, 5) is 28.1. The first-order chi connectivity index (χ1) is 18.3. The van der Waals surface area contributed by atoms with E-state index in [1.165, 1.54) is 4.90 Å². The van der Waals surface area contributed by atoms with Gasteiger partial charge in [-0.25, -0.2) is 0 Å². The summed E-state index contributed by atoms with van der Waals surface area (Å²) in [6.07, 6.45) is 0. The van der Waals surface area contributed by atoms with Gasteiger partial charge < -0.3 is 24.2 Å². The standard InChI is InChI=1S/C31H33NO6/c1-5-37-25-14-8-22(9-15-25)28-27(29(33)23-10-16-26(17-11-23)38-19-20(2)3)30(34)31(35)32(28)18-21-6-12-24(36-4)13-7-21/h6-17,20,28,33H,5,18-19H2,1-4H3/b29-27-. The molecule has 1 aliphatic rings. The number of nitrogens with zero attached hydrogens (tertiary/aromatic N) is 1. The van der Waals surface area contributed by atoms with Crippen LogP contribution in [0.15, 0.2) is 78.4 Å². The molecule has 0 spiro atoms. The molecule has 1 aliphatic heterocycles. The van der Waals surface area contributed by atoms with Gasteiger partial charge in [-0.05, 0) is 72.5 Å². The third-order valence-corrected chi connectivity index (χ3v) is 6.27. The van der Waals surface area contributed by atoms with Crippen LogP contribution in [0.2, 0.25) is 0 Å². The number of rotatable bonds is 10. The van der Waals surface area contributed by atoms with E-state index in [2.05, 4.69) is 13.8 Å². The summed E-state index contributed by atoms with van der Waals surface area (Å²) in [6.45, 7) is 7.30. The van der Waals surface area contributed by atoms with Gasteiger partial charge in [0.15, 0.2) is 0 Å². The molecule has 38 heavy (non-hydrogen) atoms. The molecule has 0 bridgehead atoms. The van der Waals surface area contributed by atoms with Crippen molar-refractivity contribution in [3.8, 4) is 17.2 Å². The molecule has 3 aromatic carbocycles. The number of carbonyl (C=O) groups excluding carboxylic acids is 2. The van der Waals surface area contributed by atoms with Gasteiger partial charge in [0.1, 0.15) is 23.0 Å². The smallest absolute Gasteiger partial charge is 0.295 e. The van der Waals surface area contributed by atoms with Crippen molar-refractivity contribution in [2.45, 2.75) is 33.4 Å². The molecular formula is C31H33NO6. The first-order valence-corrected chi connectivity index (χ1v) is 12.7. The zero-order valence-electron chi connectivity index (χ0n) is 22.1. The number of hydrogen-bond acceptors (Lipinski definition) is 6. The number of benzene rings is 3. The summed E-state index contributed by atoms with van der Waals surface area (Å²) < 4.78 is 16.5. The highest BCUT2D eigenvalue weighted by Gasteiger charge is 2.46. The second-order valence-electron chi connectivity index (χ2n) is 9.51. The fourth-order valence-corrected chi connectivity index (χ4v) is 4.36. The van der Waals surface area contributed by atoms with E-state index in [4.69, 9.17) is 14.2 Å². The normalized spacial score (nSPS) is 16.7. The second kappa shape index (κ2) is 11.9. The van der Waals surface area contributed by atoms with Gasteiger partial charge in [-0.2, -0.15) is 0 Å². The Balaban J connectivity index is 1.74. The minimum Gasteiger partial charge on any atom is -0.507 e. The average Bonchev–Trinajstić information content (AvgIpc) is 3.17. The topological polar surface area (TPSA) is 85.3 Å². The Hall–Kier alpha value is -4.26. The van der Waals surface area contributed by atoms with Gasteiger partial charge in [0.25, 0.3) is 11.7 Å². The lowest BCUT2D eigenvalue weighted by Crippen LogP contribution is -2.29. The molecule has 0 radical (unpaired) electrons. The van der Waals surface area contributed by atoms with Crippen LogP contribution in [-0.2, 0) is 16.1 Å². The number of methoxy groups -OCH3 is 1. The first-order valence-electron chi connectivity index (χ1n) is 12.7. The molecule has 0 aromatic heterocycles. The number of aliphatic hydroxyl groups is 1. The predicted octanol–water partition coefficient (Wildman–Crippen LogP) is 5.75. The van der Waals surface area contributed by atoms with E-state index in [9.17, 15) is 14.7 Å². The monoisotopic (exact) mass is 515 g/mol. The van der Waals surface area contributed by atoms with Crippen molar-refractivity contribution < 1.29 is 28.9 Å². The Morgan fingerprint density at radius 3 is 2.03 bits per heavy atom. The average molecular weight is 516 g/mol. The van der Waals surface area contributed by atoms with Gasteiger partial charge in [0, 0.05) is 12.1 Å². The summed E-state index contributed by atoms with van der Waals surface area (Å²) in [7, 11) is 1.59. The minimum atomic E-state index is -0.773. The van der Waals surface area contributed by atoms with Crippen molar-refractivity contribution in [2.24, 2.45) is 5.92 Å². The van der Waals surface area contributed by atoms with E-state index in [1.807, 2.05) is 31.2 Å². The van der Waals surface area contributed by atoms with Crippen molar-refractivity contribution >= 4 is 17.4 Å². The summed E-state index contributed by atoms with van der Waals surface area (Å²) in [5.41, 5.74) is 2.00. The lowest BCUT2D eigenvalue weighted by molar-refractivity contribution is -0.140. The van der Waals surface area contributed by atoms with Crippen molar-refractivity contribution in [1.29, 1.82) is 0 Å². The Morgan fingerprint density at radius 2 is 1.45 bits per heavy atom. The van der Waals surface area contributed by atoms with E-state index in [1.54, 1.807) is 55.6 Å². The molecule has 0 aliphatic carbocycles. The molecule has 7 nitrogen and oxygen atoms in total. The Bertz CT molecular complexity index is 1290. The number of hydrogen-bond donors (Lipinski definition) is 1. The maximum Gasteiger partial charge on any atom is 0.295 e. The molecule has 1 atom stereocenters. The largest absolute Gasteiger partial charge is 0.507 e. The number of likely N-dealkylation sites (tertiary alicyclic amines) is 1. The third-order valence-electron chi connectivity index (χ3n) is 6.27. The predicted molar refractivity (Wildman–Crippen MR) is 145 cm³/mol. The first kappa shape index (κ1) is 26.8.